The van der Waals surface area contributed by atoms with E-state index in [1.165, 1.54) is 0 Å². The van der Waals surface area contributed by atoms with Gasteiger partial charge in [-0.05, 0) is 49.4 Å². The predicted octanol–water partition coefficient (Wildman–Crippen LogP) is 2.85. The van der Waals surface area contributed by atoms with Gasteiger partial charge in [0.1, 0.15) is 18.4 Å². The quantitative estimate of drug-likeness (QED) is 0.444. The maximum Gasteiger partial charge on any atom is 0.237 e. The molecule has 2 unspecified atom stereocenters. The number of nitrogens with zero attached hydrogens (tertiary/aromatic N) is 5. The first-order valence-corrected chi connectivity index (χ1v) is 12.3. The predicted molar refractivity (Wildman–Crippen MR) is 140 cm³/mol. The largest absolute Gasteiger partial charge is 0.474 e. The molecule has 10 heteroatoms. The highest BCUT2D eigenvalue weighted by molar-refractivity contribution is 5.76. The van der Waals surface area contributed by atoms with Crippen LogP contribution in [0.25, 0.3) is 11.3 Å². The summed E-state index contributed by atoms with van der Waals surface area (Å²) in [6.45, 7) is 7.15. The molecule has 0 radical (unpaired) electrons. The molecule has 37 heavy (non-hydrogen) atoms. The van der Waals surface area contributed by atoms with Crippen LogP contribution in [0.15, 0.2) is 36.7 Å². The summed E-state index contributed by atoms with van der Waals surface area (Å²) >= 11 is 0. The molecule has 4 heterocycles. The number of hydrogen-bond donors (Lipinski definition) is 3. The van der Waals surface area contributed by atoms with Gasteiger partial charge >= 0.3 is 0 Å². The van der Waals surface area contributed by atoms with Crippen LogP contribution in [0, 0.1) is 18.3 Å². The third-order valence-electron chi connectivity index (χ3n) is 7.03. The van der Waals surface area contributed by atoms with E-state index in [-0.39, 0.29) is 12.6 Å². The van der Waals surface area contributed by atoms with Gasteiger partial charge in [-0.25, -0.2) is 15.0 Å². The van der Waals surface area contributed by atoms with Crippen molar-refractivity contribution in [3.63, 3.8) is 0 Å². The highest BCUT2D eigenvalue weighted by Gasteiger charge is 2.36. The summed E-state index contributed by atoms with van der Waals surface area (Å²) in [6, 6.07) is 9.97. The van der Waals surface area contributed by atoms with Crippen molar-refractivity contribution in [2.75, 3.05) is 57.2 Å². The number of aromatic nitrogens is 3. The molecule has 0 bridgehead atoms. The van der Waals surface area contributed by atoms with Crippen molar-refractivity contribution in [1.29, 1.82) is 5.26 Å². The van der Waals surface area contributed by atoms with Crippen molar-refractivity contribution in [2.45, 2.75) is 25.3 Å². The fourth-order valence-electron chi connectivity index (χ4n) is 4.61. The van der Waals surface area contributed by atoms with Crippen LogP contribution in [0.1, 0.15) is 23.6 Å². The van der Waals surface area contributed by atoms with Crippen LogP contribution >= 0.6 is 0 Å². The Balaban J connectivity index is 1.41. The number of ether oxygens (including phenoxy) is 2. The van der Waals surface area contributed by atoms with Crippen LogP contribution < -0.4 is 15.4 Å². The molecular formula is C27H31N7O3. The smallest absolute Gasteiger partial charge is 0.237 e. The van der Waals surface area contributed by atoms with Gasteiger partial charge in [-0.2, -0.15) is 5.26 Å². The van der Waals surface area contributed by atoms with E-state index in [0.717, 1.165) is 35.5 Å². The molecular weight excluding hydrogens is 470 g/mol. The molecule has 3 N–H and O–H groups in total. The molecule has 0 saturated carbocycles. The summed E-state index contributed by atoms with van der Waals surface area (Å²) in [5.74, 6) is 0.850. The van der Waals surface area contributed by atoms with Gasteiger partial charge in [-0.1, -0.05) is 6.92 Å². The number of benzene rings is 1. The second-order valence-corrected chi connectivity index (χ2v) is 9.91. The third kappa shape index (κ3) is 5.06. The Kier molecular flexibility index (Phi) is 6.93. The number of anilines is 3. The van der Waals surface area contributed by atoms with Gasteiger partial charge in [-0.15, -0.1) is 0 Å². The molecule has 2 aliphatic rings. The van der Waals surface area contributed by atoms with Crippen LogP contribution in [0.3, 0.4) is 0 Å². The Bertz CT molecular complexity index is 1340. The first-order chi connectivity index (χ1) is 17.9. The first kappa shape index (κ1) is 24.9. The Labute approximate surface area is 216 Å². The number of nitriles is 1. The lowest BCUT2D eigenvalue weighted by atomic mass is 9.83. The summed E-state index contributed by atoms with van der Waals surface area (Å²) in [4.78, 5) is 15.8. The normalized spacial score (nSPS) is 21.1. The molecule has 2 aliphatic heterocycles. The number of nitrogens with one attached hydrogen (secondary N) is 2. The van der Waals surface area contributed by atoms with E-state index in [1.807, 2.05) is 32.0 Å². The van der Waals surface area contributed by atoms with Crippen LogP contribution in [0.5, 0.6) is 5.88 Å². The van der Waals surface area contributed by atoms with Crippen LogP contribution in [0.2, 0.25) is 0 Å². The Morgan fingerprint density at radius 2 is 2.22 bits per heavy atom. The second-order valence-electron chi connectivity index (χ2n) is 9.91. The molecule has 5 rings (SSSR count). The highest BCUT2D eigenvalue weighted by Crippen LogP contribution is 2.41. The number of aryl methyl sites for hydroxylation is 1. The SMILES string of the molecule is Cc1cnc(OCC2COCCN2C)c(Nc2nccc(-c3cc(C#N)c4c(c3)C(C)(CO)CN4)n2)c1. The van der Waals surface area contributed by atoms with E-state index in [0.29, 0.717) is 48.5 Å². The number of aliphatic hydroxyl groups excluding tert-OH is 1. The molecule has 0 spiro atoms. The molecule has 2 aromatic heterocycles. The van der Waals surface area contributed by atoms with Crippen molar-refractivity contribution in [3.8, 4) is 23.2 Å². The van der Waals surface area contributed by atoms with Crippen molar-refractivity contribution >= 4 is 17.3 Å². The van der Waals surface area contributed by atoms with E-state index < -0.39 is 5.41 Å². The number of aliphatic hydroxyl groups is 1. The number of likely N-dealkylation sites (N-methyl/N-ethyl adjacent to an activating group) is 1. The number of hydrogen-bond acceptors (Lipinski definition) is 10. The molecule has 0 amide bonds. The van der Waals surface area contributed by atoms with Crippen LogP contribution in [-0.2, 0) is 10.2 Å². The van der Waals surface area contributed by atoms with Gasteiger partial charge in [0.2, 0.25) is 11.8 Å². The fourth-order valence-corrected chi connectivity index (χ4v) is 4.61. The summed E-state index contributed by atoms with van der Waals surface area (Å²) in [6.07, 6.45) is 3.44. The van der Waals surface area contributed by atoms with Crippen molar-refractivity contribution in [3.05, 3.63) is 53.3 Å². The maximum absolute atomic E-state index is 10.0. The topological polar surface area (TPSA) is 128 Å². The highest BCUT2D eigenvalue weighted by atomic mass is 16.5. The molecule has 2 atom stereocenters. The number of pyridine rings is 1. The number of fused-ring (bicyclic) bond motifs is 1. The minimum atomic E-state index is -0.470. The lowest BCUT2D eigenvalue weighted by molar-refractivity contribution is -0.0112. The fraction of sp³-hybridized carbons (Fsp3) is 0.407. The van der Waals surface area contributed by atoms with Crippen LogP contribution in [-0.4, -0.2) is 77.6 Å². The minimum Gasteiger partial charge on any atom is -0.474 e. The van der Waals surface area contributed by atoms with Crippen molar-refractivity contribution < 1.29 is 14.6 Å². The number of morpholine rings is 1. The molecule has 1 fully saturated rings. The zero-order valence-corrected chi connectivity index (χ0v) is 21.3. The van der Waals surface area contributed by atoms with Crippen molar-refractivity contribution in [1.82, 2.24) is 19.9 Å². The summed E-state index contributed by atoms with van der Waals surface area (Å²) in [7, 11) is 2.06. The summed E-state index contributed by atoms with van der Waals surface area (Å²) in [5.41, 5.74) is 4.81. The van der Waals surface area contributed by atoms with Crippen LogP contribution in [0.4, 0.5) is 17.3 Å². The van der Waals surface area contributed by atoms with Gasteiger partial charge < -0.3 is 25.2 Å². The molecule has 0 aliphatic carbocycles. The van der Waals surface area contributed by atoms with E-state index in [1.54, 1.807) is 18.5 Å². The number of rotatable bonds is 7. The van der Waals surface area contributed by atoms with Gasteiger partial charge in [0.15, 0.2) is 0 Å². The van der Waals surface area contributed by atoms with E-state index >= 15 is 0 Å². The van der Waals surface area contributed by atoms with Gasteiger partial charge in [0.05, 0.1) is 42.8 Å². The molecule has 1 saturated heterocycles. The average molecular weight is 502 g/mol. The third-order valence-corrected chi connectivity index (χ3v) is 7.03. The molecule has 10 nitrogen and oxygen atoms in total. The summed E-state index contributed by atoms with van der Waals surface area (Å²) < 4.78 is 11.7. The van der Waals surface area contributed by atoms with E-state index in [2.05, 4.69) is 38.6 Å². The maximum atomic E-state index is 10.0. The zero-order chi connectivity index (χ0) is 26.0. The van der Waals surface area contributed by atoms with Crippen molar-refractivity contribution in [2.24, 2.45) is 0 Å². The lowest BCUT2D eigenvalue weighted by Crippen LogP contribution is -2.46. The Morgan fingerprint density at radius 3 is 3.00 bits per heavy atom. The van der Waals surface area contributed by atoms with E-state index in [9.17, 15) is 10.4 Å². The molecule has 3 aromatic rings. The first-order valence-electron chi connectivity index (χ1n) is 12.3. The Morgan fingerprint density at radius 1 is 1.35 bits per heavy atom. The Hall–Kier alpha value is -3.78. The van der Waals surface area contributed by atoms with Gasteiger partial charge in [0, 0.05) is 36.5 Å². The van der Waals surface area contributed by atoms with E-state index in [4.69, 9.17) is 14.5 Å². The lowest BCUT2D eigenvalue weighted by Gasteiger charge is -2.32. The van der Waals surface area contributed by atoms with Gasteiger partial charge in [0.25, 0.3) is 0 Å². The summed E-state index contributed by atoms with van der Waals surface area (Å²) in [5, 5.41) is 26.3. The molecule has 1 aromatic carbocycles. The average Bonchev–Trinajstić information content (AvgIpc) is 3.26. The zero-order valence-electron chi connectivity index (χ0n) is 21.3. The standard InChI is InChI=1S/C27H31N7O3/c1-17-8-23(25(30-12-17)37-14-20-13-36-7-6-34(20)3)33-26-29-5-4-22(32-26)18-9-19(11-28)24-21(10-18)27(2,16-35)15-31-24/h4-5,8-10,12,20,31,35H,6-7,13-16H2,1-3H3,(H,29,32,33). The molecule has 192 valence electrons. The second kappa shape index (κ2) is 10.3. The van der Waals surface area contributed by atoms with Gasteiger partial charge in [-0.3, -0.25) is 4.90 Å². The monoisotopic (exact) mass is 501 g/mol. The minimum absolute atomic E-state index is 0.0240.